The lowest BCUT2D eigenvalue weighted by molar-refractivity contribution is -0.142. The van der Waals surface area contributed by atoms with Crippen molar-refractivity contribution in [1.82, 2.24) is 4.90 Å². The number of ketones is 2. The number of carbonyl (C=O) groups is 5. The molecule has 4 aliphatic rings. The van der Waals surface area contributed by atoms with Gasteiger partial charge in [-0.15, -0.1) is 0 Å². The van der Waals surface area contributed by atoms with E-state index >= 15 is 0 Å². The topological polar surface area (TPSA) is 129 Å². The number of fused-ring (bicyclic) bond motifs is 4. The Kier molecular flexibility index (Phi) is 7.54. The van der Waals surface area contributed by atoms with Crippen LogP contribution in [0.2, 0.25) is 0 Å². The molecule has 6 unspecified atom stereocenters. The molecule has 3 aromatic carbocycles. The Bertz CT molecular complexity index is 1880. The molecule has 0 spiro atoms. The number of carboxylic acids is 1. The lowest BCUT2D eigenvalue weighted by Gasteiger charge is -2.55. The van der Waals surface area contributed by atoms with Gasteiger partial charge in [-0.3, -0.25) is 28.9 Å². The highest BCUT2D eigenvalue weighted by Gasteiger charge is 2.65. The second-order valence-corrected chi connectivity index (χ2v) is 13.2. The van der Waals surface area contributed by atoms with Crippen molar-refractivity contribution in [3.05, 3.63) is 119 Å². The van der Waals surface area contributed by atoms with E-state index in [4.69, 9.17) is 5.11 Å². The van der Waals surface area contributed by atoms with E-state index in [0.717, 1.165) is 11.1 Å². The number of rotatable bonds is 7. The second kappa shape index (κ2) is 11.6. The number of benzene rings is 3. The molecule has 0 radical (unpaired) electrons. The van der Waals surface area contributed by atoms with Crippen LogP contribution in [0.3, 0.4) is 0 Å². The van der Waals surface area contributed by atoms with Crippen LogP contribution in [0.15, 0.2) is 96.6 Å². The zero-order chi connectivity index (χ0) is 33.0. The van der Waals surface area contributed by atoms with Crippen molar-refractivity contribution in [1.29, 1.82) is 0 Å². The van der Waals surface area contributed by atoms with Crippen molar-refractivity contribution >= 4 is 34.9 Å². The van der Waals surface area contributed by atoms with Crippen molar-refractivity contribution in [2.45, 2.75) is 43.9 Å². The lowest BCUT2D eigenvalue weighted by atomic mass is 9.44. The van der Waals surface area contributed by atoms with Gasteiger partial charge in [-0.05, 0) is 66.5 Å². The van der Waals surface area contributed by atoms with E-state index in [1.807, 2.05) is 72.8 Å². The highest BCUT2D eigenvalue weighted by Crippen LogP contribution is 2.63. The van der Waals surface area contributed by atoms with E-state index in [1.54, 1.807) is 19.1 Å². The normalized spacial score (nSPS) is 28.3. The predicted molar refractivity (Wildman–Crippen MR) is 173 cm³/mol. The van der Waals surface area contributed by atoms with Gasteiger partial charge in [0.25, 0.3) is 0 Å². The molecule has 2 amide bonds. The van der Waals surface area contributed by atoms with Crippen LogP contribution in [0.4, 0.5) is 0 Å². The van der Waals surface area contributed by atoms with E-state index < -0.39 is 41.0 Å². The number of imide groups is 1. The molecule has 7 rings (SSSR count). The summed E-state index contributed by atoms with van der Waals surface area (Å²) in [7, 11) is 0. The first-order valence-corrected chi connectivity index (χ1v) is 16.1. The Morgan fingerprint density at radius 2 is 1.62 bits per heavy atom. The Balaban J connectivity index is 1.44. The fourth-order valence-corrected chi connectivity index (χ4v) is 8.78. The lowest BCUT2D eigenvalue weighted by Crippen LogP contribution is -2.58. The number of nitrogens with zero attached hydrogens (tertiary/aromatic N) is 1. The van der Waals surface area contributed by atoms with Crippen LogP contribution >= 0.6 is 0 Å². The van der Waals surface area contributed by atoms with Gasteiger partial charge < -0.3 is 10.2 Å². The smallest absolute Gasteiger partial charge is 0.303 e. The van der Waals surface area contributed by atoms with Crippen molar-refractivity contribution in [2.24, 2.45) is 23.7 Å². The van der Waals surface area contributed by atoms with Crippen LogP contribution < -0.4 is 0 Å². The zero-order valence-corrected chi connectivity index (χ0v) is 26.0. The Morgan fingerprint density at radius 1 is 0.915 bits per heavy atom. The number of carboxylic acid groups (broad SMARTS) is 1. The minimum Gasteiger partial charge on any atom is -0.508 e. The molecule has 3 aliphatic carbocycles. The number of aliphatic carboxylic acids is 1. The fraction of sp³-hybridized carbons (Fsp3) is 0.308. The van der Waals surface area contributed by atoms with E-state index in [2.05, 4.69) is 0 Å². The maximum absolute atomic E-state index is 15.0. The summed E-state index contributed by atoms with van der Waals surface area (Å²) < 4.78 is 0. The van der Waals surface area contributed by atoms with Gasteiger partial charge in [-0.2, -0.15) is 0 Å². The number of carbonyl (C=O) groups excluding carboxylic acids is 4. The van der Waals surface area contributed by atoms with Gasteiger partial charge in [0, 0.05) is 30.4 Å². The minimum atomic E-state index is -1.33. The Labute approximate surface area is 272 Å². The van der Waals surface area contributed by atoms with Gasteiger partial charge in [0.05, 0.1) is 17.3 Å². The summed E-state index contributed by atoms with van der Waals surface area (Å²) in [6.07, 6.45) is 3.99. The van der Waals surface area contributed by atoms with Crippen LogP contribution in [-0.4, -0.2) is 51.0 Å². The summed E-state index contributed by atoms with van der Waals surface area (Å²) in [6, 6.07) is 23.7. The molecule has 1 heterocycles. The van der Waals surface area contributed by atoms with Crippen LogP contribution in [0, 0.1) is 30.6 Å². The number of allylic oxidation sites excluding steroid dienone is 4. The SMILES string of the molecule is Cc1cc(C2C3=CCC4C(=O)N(CCCC(=O)O)C(=O)C4C3CC3C(=O)C(c4ccccc4)=CC(=O)C32c2ccccc2)ccc1O. The maximum atomic E-state index is 15.0. The molecule has 238 valence electrons. The molecule has 3 aromatic rings. The minimum absolute atomic E-state index is 0.0231. The van der Waals surface area contributed by atoms with Crippen LogP contribution in [-0.2, 0) is 29.4 Å². The second-order valence-electron chi connectivity index (χ2n) is 13.2. The molecule has 1 saturated heterocycles. The molecule has 47 heavy (non-hydrogen) atoms. The largest absolute Gasteiger partial charge is 0.508 e. The van der Waals surface area contributed by atoms with E-state index in [-0.39, 0.29) is 54.9 Å². The molecule has 0 bridgehead atoms. The summed E-state index contributed by atoms with van der Waals surface area (Å²) in [5, 5.41) is 19.7. The van der Waals surface area contributed by atoms with Gasteiger partial charge in [0.15, 0.2) is 11.6 Å². The third-order valence-corrected chi connectivity index (χ3v) is 10.8. The average Bonchev–Trinajstić information content (AvgIpc) is 3.32. The van der Waals surface area contributed by atoms with Crippen LogP contribution in [0.5, 0.6) is 5.75 Å². The first kappa shape index (κ1) is 30.5. The van der Waals surface area contributed by atoms with E-state index in [1.165, 1.54) is 11.0 Å². The summed E-state index contributed by atoms with van der Waals surface area (Å²) >= 11 is 0. The standard InChI is InChI=1S/C39H35NO7/c1-22-19-24(14-17-31(22)41)35-26-15-16-27-34(38(47)40(37(27)46)18-8-13-33(43)44)29(26)20-30-36(45)28(23-9-4-2-5-10-23)21-32(42)39(30,35)25-11-6-3-7-12-25/h2-7,9-12,14-15,17,19,21,27,29-30,34-35,41H,8,13,16,18,20H2,1H3,(H,43,44). The van der Waals surface area contributed by atoms with Crippen LogP contribution in [0.25, 0.3) is 5.57 Å². The fourth-order valence-electron chi connectivity index (χ4n) is 8.78. The molecular formula is C39H35NO7. The summed E-state index contributed by atoms with van der Waals surface area (Å²) in [5.41, 5.74) is 2.56. The number of hydrogen-bond acceptors (Lipinski definition) is 6. The monoisotopic (exact) mass is 629 g/mol. The quantitative estimate of drug-likeness (QED) is 0.265. The molecule has 1 aliphatic heterocycles. The number of aryl methyl sites for hydroxylation is 1. The number of phenolic OH excluding ortho intramolecular Hbond substituents is 1. The Morgan fingerprint density at radius 3 is 2.30 bits per heavy atom. The first-order chi connectivity index (χ1) is 22.6. The molecule has 8 nitrogen and oxygen atoms in total. The van der Waals surface area contributed by atoms with Gasteiger partial charge in [-0.1, -0.05) is 84.4 Å². The predicted octanol–water partition coefficient (Wildman–Crippen LogP) is 5.39. The molecule has 0 aromatic heterocycles. The van der Waals surface area contributed by atoms with Crippen molar-refractivity contribution in [3.63, 3.8) is 0 Å². The molecule has 2 fully saturated rings. The summed E-state index contributed by atoms with van der Waals surface area (Å²) in [6.45, 7) is 1.81. The number of amides is 2. The summed E-state index contributed by atoms with van der Waals surface area (Å²) in [4.78, 5) is 70.0. The van der Waals surface area contributed by atoms with Crippen molar-refractivity contribution in [2.75, 3.05) is 6.54 Å². The number of likely N-dealkylation sites (tertiary alicyclic amines) is 1. The van der Waals surface area contributed by atoms with Gasteiger partial charge >= 0.3 is 5.97 Å². The molecule has 1 saturated carbocycles. The van der Waals surface area contributed by atoms with E-state index in [9.17, 15) is 29.1 Å². The zero-order valence-electron chi connectivity index (χ0n) is 26.0. The van der Waals surface area contributed by atoms with E-state index in [0.29, 0.717) is 28.7 Å². The number of phenols is 1. The molecule has 2 N–H and O–H groups in total. The average molecular weight is 630 g/mol. The summed E-state index contributed by atoms with van der Waals surface area (Å²) in [5.74, 6) is -5.27. The third kappa shape index (κ3) is 4.69. The first-order valence-electron chi connectivity index (χ1n) is 16.1. The maximum Gasteiger partial charge on any atom is 0.303 e. The van der Waals surface area contributed by atoms with Crippen molar-refractivity contribution < 1.29 is 34.2 Å². The van der Waals surface area contributed by atoms with Gasteiger partial charge in [0.1, 0.15) is 5.75 Å². The number of Topliss-reactive ketones (excluding diaryl/α,β-unsaturated/α-hetero) is 1. The molecular weight excluding hydrogens is 594 g/mol. The van der Waals surface area contributed by atoms with Crippen LogP contribution in [0.1, 0.15) is 53.9 Å². The van der Waals surface area contributed by atoms with Crippen molar-refractivity contribution in [3.8, 4) is 5.75 Å². The van der Waals surface area contributed by atoms with Gasteiger partial charge in [-0.25, -0.2) is 0 Å². The van der Waals surface area contributed by atoms with Gasteiger partial charge in [0.2, 0.25) is 11.8 Å². The highest BCUT2D eigenvalue weighted by atomic mass is 16.4. The molecule has 8 heteroatoms. The highest BCUT2D eigenvalue weighted by molar-refractivity contribution is 6.31. The number of hydrogen-bond donors (Lipinski definition) is 2. The number of aromatic hydroxyl groups is 1. The molecule has 6 atom stereocenters. The third-order valence-electron chi connectivity index (χ3n) is 10.8. The Hall–Kier alpha value is -5.11.